The smallest absolute Gasteiger partial charge is 0.137 e. The molecule has 0 spiro atoms. The Labute approximate surface area is 110 Å². The summed E-state index contributed by atoms with van der Waals surface area (Å²) in [6, 6.07) is 5.48. The van der Waals surface area contributed by atoms with Crippen molar-refractivity contribution < 1.29 is 9.84 Å². The van der Waals surface area contributed by atoms with E-state index in [2.05, 4.69) is 15.3 Å². The number of hydrogen-bond donors (Lipinski definition) is 3. The number of benzene rings is 1. The first-order chi connectivity index (χ1) is 9.16. The van der Waals surface area contributed by atoms with Gasteiger partial charge < -0.3 is 20.9 Å². The number of hydrogen-bond acceptors (Lipinski definition) is 6. The summed E-state index contributed by atoms with van der Waals surface area (Å²) in [6.45, 7) is 1.34. The second-order valence-corrected chi connectivity index (χ2v) is 4.88. The SMILES string of the molecule is Nc1ccc2ncnc(NCC3(O)CCOC3)c2c1. The maximum Gasteiger partial charge on any atom is 0.137 e. The zero-order valence-electron chi connectivity index (χ0n) is 10.5. The minimum Gasteiger partial charge on any atom is -0.399 e. The molecule has 0 amide bonds. The fraction of sp³-hybridized carbons (Fsp3) is 0.385. The number of ether oxygens (including phenoxy) is 1. The summed E-state index contributed by atoms with van der Waals surface area (Å²) in [4.78, 5) is 8.40. The first kappa shape index (κ1) is 12.1. The molecule has 2 heterocycles. The summed E-state index contributed by atoms with van der Waals surface area (Å²) in [5.41, 5.74) is 6.44. The molecule has 6 heteroatoms. The quantitative estimate of drug-likeness (QED) is 0.706. The molecular formula is C13H16N4O2. The van der Waals surface area contributed by atoms with Gasteiger partial charge in [0.25, 0.3) is 0 Å². The minimum atomic E-state index is -0.822. The lowest BCUT2D eigenvalue weighted by molar-refractivity contribution is 0.0381. The Hall–Kier alpha value is -1.92. The van der Waals surface area contributed by atoms with Gasteiger partial charge in [0, 0.05) is 30.6 Å². The highest BCUT2D eigenvalue weighted by Crippen LogP contribution is 2.24. The van der Waals surface area contributed by atoms with Crippen molar-refractivity contribution in [3.05, 3.63) is 24.5 Å². The lowest BCUT2D eigenvalue weighted by Gasteiger charge is -2.21. The molecule has 19 heavy (non-hydrogen) atoms. The first-order valence-corrected chi connectivity index (χ1v) is 6.21. The standard InChI is InChI=1S/C13H16N4O2/c14-9-1-2-11-10(5-9)12(17-8-16-11)15-6-13(18)3-4-19-7-13/h1-2,5,8,18H,3-4,6-7,14H2,(H,15,16,17). The molecule has 100 valence electrons. The van der Waals surface area contributed by atoms with Crippen molar-refractivity contribution in [1.82, 2.24) is 9.97 Å². The van der Waals surface area contributed by atoms with Gasteiger partial charge in [0.1, 0.15) is 17.7 Å². The van der Waals surface area contributed by atoms with Crippen LogP contribution < -0.4 is 11.1 Å². The second kappa shape index (κ2) is 4.64. The van der Waals surface area contributed by atoms with E-state index in [1.165, 1.54) is 6.33 Å². The van der Waals surface area contributed by atoms with Crippen LogP contribution in [0.5, 0.6) is 0 Å². The Morgan fingerprint density at radius 3 is 3.11 bits per heavy atom. The van der Waals surface area contributed by atoms with Crippen LogP contribution in [0.25, 0.3) is 10.9 Å². The molecule has 1 aromatic heterocycles. The molecule has 3 rings (SSSR count). The highest BCUT2D eigenvalue weighted by Gasteiger charge is 2.32. The van der Waals surface area contributed by atoms with Crippen molar-refractivity contribution in [1.29, 1.82) is 0 Å². The first-order valence-electron chi connectivity index (χ1n) is 6.21. The Morgan fingerprint density at radius 1 is 1.42 bits per heavy atom. The molecule has 0 aliphatic carbocycles. The molecule has 0 bridgehead atoms. The summed E-state index contributed by atoms with van der Waals surface area (Å²) < 4.78 is 5.21. The molecule has 2 aromatic rings. The molecule has 6 nitrogen and oxygen atoms in total. The Bertz CT molecular complexity index is 596. The van der Waals surface area contributed by atoms with Crippen molar-refractivity contribution in [3.63, 3.8) is 0 Å². The van der Waals surface area contributed by atoms with Crippen molar-refractivity contribution >= 4 is 22.4 Å². The minimum absolute atomic E-state index is 0.352. The van der Waals surface area contributed by atoms with Crippen LogP contribution in [0, 0.1) is 0 Å². The van der Waals surface area contributed by atoms with E-state index in [0.717, 1.165) is 10.9 Å². The van der Waals surface area contributed by atoms with E-state index in [1.807, 2.05) is 12.1 Å². The molecule has 0 radical (unpaired) electrons. The zero-order chi connectivity index (χ0) is 13.3. The molecule has 1 aromatic carbocycles. The van der Waals surface area contributed by atoms with Gasteiger partial charge in [-0.05, 0) is 18.2 Å². The number of nitrogens with one attached hydrogen (secondary N) is 1. The van der Waals surface area contributed by atoms with Crippen LogP contribution in [0.15, 0.2) is 24.5 Å². The second-order valence-electron chi connectivity index (χ2n) is 4.88. The molecule has 1 fully saturated rings. The van der Waals surface area contributed by atoms with Crippen LogP contribution in [0.4, 0.5) is 11.5 Å². The molecule has 1 aliphatic rings. The number of nitrogen functional groups attached to an aromatic ring is 1. The third kappa shape index (κ3) is 2.45. The van der Waals surface area contributed by atoms with Crippen LogP contribution in [0.2, 0.25) is 0 Å². The molecule has 4 N–H and O–H groups in total. The normalized spacial score (nSPS) is 22.8. The summed E-state index contributed by atoms with van der Waals surface area (Å²) in [5, 5.41) is 14.2. The number of rotatable bonds is 3. The van der Waals surface area contributed by atoms with E-state index >= 15 is 0 Å². The summed E-state index contributed by atoms with van der Waals surface area (Å²) >= 11 is 0. The van der Waals surface area contributed by atoms with Gasteiger partial charge in [-0.1, -0.05) is 0 Å². The van der Waals surface area contributed by atoms with Crippen molar-refractivity contribution in [3.8, 4) is 0 Å². The summed E-state index contributed by atoms with van der Waals surface area (Å²) in [7, 11) is 0. The van der Waals surface area contributed by atoms with Gasteiger partial charge in [-0.25, -0.2) is 9.97 Å². The number of nitrogens with zero attached hydrogens (tertiary/aromatic N) is 2. The Kier molecular flexibility index (Phi) is 2.96. The topological polar surface area (TPSA) is 93.3 Å². The molecule has 1 atom stereocenters. The van der Waals surface area contributed by atoms with Crippen LogP contribution >= 0.6 is 0 Å². The van der Waals surface area contributed by atoms with E-state index in [9.17, 15) is 5.11 Å². The number of fused-ring (bicyclic) bond motifs is 1. The average molecular weight is 260 g/mol. The van der Waals surface area contributed by atoms with Gasteiger partial charge in [0.2, 0.25) is 0 Å². The third-order valence-electron chi connectivity index (χ3n) is 3.33. The van der Waals surface area contributed by atoms with E-state index in [0.29, 0.717) is 37.7 Å². The highest BCUT2D eigenvalue weighted by atomic mass is 16.5. The molecule has 0 saturated carbocycles. The summed E-state index contributed by atoms with van der Waals surface area (Å²) in [5.74, 6) is 0.678. The van der Waals surface area contributed by atoms with Crippen molar-refractivity contribution in [2.45, 2.75) is 12.0 Å². The third-order valence-corrected chi connectivity index (χ3v) is 3.33. The maximum absolute atomic E-state index is 10.2. The Balaban J connectivity index is 1.86. The van der Waals surface area contributed by atoms with E-state index in [1.54, 1.807) is 6.07 Å². The van der Waals surface area contributed by atoms with Gasteiger partial charge in [0.05, 0.1) is 12.1 Å². The highest BCUT2D eigenvalue weighted by molar-refractivity contribution is 5.91. The van der Waals surface area contributed by atoms with E-state index in [-0.39, 0.29) is 0 Å². The average Bonchev–Trinajstić information content (AvgIpc) is 2.84. The molecular weight excluding hydrogens is 244 g/mol. The fourth-order valence-corrected chi connectivity index (χ4v) is 2.20. The van der Waals surface area contributed by atoms with Gasteiger partial charge >= 0.3 is 0 Å². The molecule has 1 unspecified atom stereocenters. The zero-order valence-corrected chi connectivity index (χ0v) is 10.5. The number of anilines is 2. The monoisotopic (exact) mass is 260 g/mol. The van der Waals surface area contributed by atoms with Crippen LogP contribution in [-0.2, 0) is 4.74 Å². The van der Waals surface area contributed by atoms with Gasteiger partial charge in [-0.3, -0.25) is 0 Å². The van der Waals surface area contributed by atoms with Crippen molar-refractivity contribution in [2.75, 3.05) is 30.8 Å². The largest absolute Gasteiger partial charge is 0.399 e. The Morgan fingerprint density at radius 2 is 2.32 bits per heavy atom. The number of aromatic nitrogens is 2. The van der Waals surface area contributed by atoms with Crippen molar-refractivity contribution in [2.24, 2.45) is 0 Å². The lowest BCUT2D eigenvalue weighted by atomic mass is 10.0. The molecule has 1 saturated heterocycles. The lowest BCUT2D eigenvalue weighted by Crippen LogP contribution is -2.37. The van der Waals surface area contributed by atoms with Crippen LogP contribution in [0.1, 0.15) is 6.42 Å². The van der Waals surface area contributed by atoms with E-state index in [4.69, 9.17) is 10.5 Å². The van der Waals surface area contributed by atoms with Gasteiger partial charge in [0.15, 0.2) is 0 Å². The maximum atomic E-state index is 10.2. The van der Waals surface area contributed by atoms with E-state index < -0.39 is 5.60 Å². The number of aliphatic hydroxyl groups is 1. The van der Waals surface area contributed by atoms with Gasteiger partial charge in [-0.15, -0.1) is 0 Å². The van der Waals surface area contributed by atoms with Crippen LogP contribution in [-0.4, -0.2) is 40.4 Å². The predicted molar refractivity (Wildman–Crippen MR) is 72.8 cm³/mol. The van der Waals surface area contributed by atoms with Gasteiger partial charge in [-0.2, -0.15) is 0 Å². The molecule has 1 aliphatic heterocycles. The fourth-order valence-electron chi connectivity index (χ4n) is 2.20. The van der Waals surface area contributed by atoms with Crippen LogP contribution in [0.3, 0.4) is 0 Å². The summed E-state index contributed by atoms with van der Waals surface area (Å²) in [6.07, 6.45) is 2.13. The predicted octanol–water partition coefficient (Wildman–Crippen LogP) is 0.775. The number of nitrogens with two attached hydrogens (primary N) is 1.